The van der Waals surface area contributed by atoms with Gasteiger partial charge in [0.25, 0.3) is 15.9 Å². The number of nitrogens with one attached hydrogen (secondary N) is 2. The summed E-state index contributed by atoms with van der Waals surface area (Å²) in [6.45, 7) is 0. The number of ether oxygens (including phenoxy) is 1. The van der Waals surface area contributed by atoms with E-state index in [9.17, 15) is 13.2 Å². The van der Waals surface area contributed by atoms with Crippen LogP contribution in [-0.2, 0) is 10.0 Å². The highest BCUT2D eigenvalue weighted by Gasteiger charge is 2.20. The molecule has 0 atom stereocenters. The molecule has 0 aliphatic heterocycles. The van der Waals surface area contributed by atoms with E-state index in [-0.39, 0.29) is 43.5 Å². The number of carbonyl (C=O) groups excluding carboxylic acids is 1. The third-order valence-electron chi connectivity index (χ3n) is 5.51. The first-order valence-electron chi connectivity index (χ1n) is 10.9. The first kappa shape index (κ1) is 25.6. The Morgan fingerprint density at radius 2 is 1.74 bits per heavy atom. The first-order chi connectivity index (χ1) is 16.7. The maximum atomic E-state index is 12.9. The highest BCUT2D eigenvalue weighted by Crippen LogP contribution is 2.33. The number of halogens is 3. The molecule has 184 valence electrons. The van der Waals surface area contributed by atoms with Gasteiger partial charge < -0.3 is 10.1 Å². The molecule has 1 heterocycles. The summed E-state index contributed by atoms with van der Waals surface area (Å²) in [6, 6.07) is 12.1. The molecule has 2 aromatic carbocycles. The molecule has 0 saturated heterocycles. The summed E-state index contributed by atoms with van der Waals surface area (Å²) in [5.41, 5.74) is 0.445. The largest absolute Gasteiger partial charge is 0.437 e. The quantitative estimate of drug-likeness (QED) is 0.339. The number of hydrogen-bond acceptors (Lipinski definition) is 5. The summed E-state index contributed by atoms with van der Waals surface area (Å²) in [5, 5.41) is 3.59. The van der Waals surface area contributed by atoms with Gasteiger partial charge in [0, 0.05) is 17.8 Å². The molecule has 1 aromatic heterocycles. The molecule has 1 fully saturated rings. The number of aromatic nitrogens is 1. The van der Waals surface area contributed by atoms with Crippen molar-refractivity contribution in [2.75, 3.05) is 4.72 Å². The zero-order valence-electron chi connectivity index (χ0n) is 18.4. The predicted molar refractivity (Wildman–Crippen MR) is 137 cm³/mol. The molecule has 11 heteroatoms. The minimum Gasteiger partial charge on any atom is -0.437 e. The number of benzene rings is 2. The number of nitrogens with zero attached hydrogens (tertiary/aromatic N) is 1. The maximum Gasteiger partial charge on any atom is 0.262 e. The van der Waals surface area contributed by atoms with Crippen LogP contribution >= 0.6 is 34.8 Å². The lowest BCUT2D eigenvalue weighted by molar-refractivity contribution is 0.0927. The van der Waals surface area contributed by atoms with Crippen LogP contribution in [0.2, 0.25) is 15.1 Å². The van der Waals surface area contributed by atoms with Gasteiger partial charge in [-0.05, 0) is 55.3 Å². The molecule has 1 aliphatic carbocycles. The Balaban J connectivity index is 1.55. The fourth-order valence-corrected chi connectivity index (χ4v) is 5.35. The van der Waals surface area contributed by atoms with Crippen molar-refractivity contribution in [3.05, 3.63) is 75.4 Å². The van der Waals surface area contributed by atoms with Crippen LogP contribution < -0.4 is 14.8 Å². The molecule has 0 radical (unpaired) electrons. The second kappa shape index (κ2) is 11.0. The summed E-state index contributed by atoms with van der Waals surface area (Å²) in [6.07, 6.45) is 6.68. The Morgan fingerprint density at radius 1 is 0.971 bits per heavy atom. The van der Waals surface area contributed by atoms with Gasteiger partial charge in [0.2, 0.25) is 5.88 Å². The van der Waals surface area contributed by atoms with Crippen molar-refractivity contribution in [1.29, 1.82) is 0 Å². The number of sulfonamides is 1. The Labute approximate surface area is 218 Å². The van der Waals surface area contributed by atoms with Gasteiger partial charge in [-0.15, -0.1) is 0 Å². The minimum absolute atomic E-state index is 0.0145. The van der Waals surface area contributed by atoms with E-state index in [2.05, 4.69) is 15.0 Å². The van der Waals surface area contributed by atoms with Gasteiger partial charge in [-0.3, -0.25) is 9.52 Å². The molecule has 0 spiro atoms. The Hall–Kier alpha value is -2.52. The normalized spacial score (nSPS) is 14.4. The molecule has 1 saturated carbocycles. The van der Waals surface area contributed by atoms with Crippen LogP contribution in [-0.4, -0.2) is 25.4 Å². The van der Waals surface area contributed by atoms with E-state index in [0.29, 0.717) is 11.3 Å². The molecule has 7 nitrogen and oxygen atoms in total. The lowest BCUT2D eigenvalue weighted by Gasteiger charge is -2.22. The first-order valence-corrected chi connectivity index (χ1v) is 13.6. The third kappa shape index (κ3) is 6.58. The monoisotopic (exact) mass is 553 g/mol. The van der Waals surface area contributed by atoms with Crippen LogP contribution in [0, 0.1) is 0 Å². The Bertz CT molecular complexity index is 1350. The van der Waals surface area contributed by atoms with Crippen LogP contribution in [0.3, 0.4) is 0 Å². The van der Waals surface area contributed by atoms with Crippen LogP contribution in [0.5, 0.6) is 11.6 Å². The summed E-state index contributed by atoms with van der Waals surface area (Å²) in [4.78, 5) is 16.7. The van der Waals surface area contributed by atoms with Crippen LogP contribution in [0.1, 0.15) is 42.5 Å². The molecule has 2 N–H and O–H groups in total. The van der Waals surface area contributed by atoms with Crippen LogP contribution in [0.25, 0.3) is 0 Å². The average Bonchev–Trinajstić information content (AvgIpc) is 2.83. The van der Waals surface area contributed by atoms with Crippen molar-refractivity contribution in [3.8, 4) is 11.6 Å². The van der Waals surface area contributed by atoms with Gasteiger partial charge in [0.15, 0.2) is 0 Å². The van der Waals surface area contributed by atoms with E-state index < -0.39 is 10.0 Å². The number of amides is 1. The number of hydrogen-bond donors (Lipinski definition) is 2. The van der Waals surface area contributed by atoms with Gasteiger partial charge in [-0.1, -0.05) is 60.1 Å². The van der Waals surface area contributed by atoms with Crippen molar-refractivity contribution in [2.24, 2.45) is 0 Å². The molecule has 35 heavy (non-hydrogen) atoms. The fraction of sp³-hybridized carbons (Fsp3) is 0.250. The third-order valence-corrected chi connectivity index (χ3v) is 7.82. The summed E-state index contributed by atoms with van der Waals surface area (Å²) in [5.74, 6) is 0.0842. The topological polar surface area (TPSA) is 97.4 Å². The van der Waals surface area contributed by atoms with Crippen molar-refractivity contribution >= 4 is 56.4 Å². The van der Waals surface area contributed by atoms with Gasteiger partial charge in [-0.25, -0.2) is 13.4 Å². The SMILES string of the molecule is O=C(NC1CCCCC1)c1cccc(Oc2ncc(Cl)cc2NS(=O)(=O)c2ccc(Cl)c(Cl)c2)c1. The summed E-state index contributed by atoms with van der Waals surface area (Å²) in [7, 11) is -4.06. The smallest absolute Gasteiger partial charge is 0.262 e. The summed E-state index contributed by atoms with van der Waals surface area (Å²) < 4.78 is 34.1. The van der Waals surface area contributed by atoms with E-state index in [1.807, 2.05) is 0 Å². The second-order valence-electron chi connectivity index (χ2n) is 8.13. The molecule has 4 rings (SSSR count). The molecular formula is C24H22Cl3N3O4S. The minimum atomic E-state index is -4.06. The number of carbonyl (C=O) groups is 1. The van der Waals surface area contributed by atoms with Crippen molar-refractivity contribution in [3.63, 3.8) is 0 Å². The molecular weight excluding hydrogens is 533 g/mol. The van der Waals surface area contributed by atoms with Gasteiger partial charge >= 0.3 is 0 Å². The zero-order chi connectivity index (χ0) is 25.0. The van der Waals surface area contributed by atoms with E-state index in [4.69, 9.17) is 39.5 Å². The summed E-state index contributed by atoms with van der Waals surface area (Å²) >= 11 is 17.9. The van der Waals surface area contributed by atoms with Crippen molar-refractivity contribution < 1.29 is 17.9 Å². The van der Waals surface area contributed by atoms with Crippen LogP contribution in [0.15, 0.2) is 59.6 Å². The van der Waals surface area contributed by atoms with E-state index in [1.165, 1.54) is 36.9 Å². The second-order valence-corrected chi connectivity index (χ2v) is 11.1. The molecule has 0 bridgehead atoms. The number of pyridine rings is 1. The van der Waals surface area contributed by atoms with E-state index in [0.717, 1.165) is 25.7 Å². The van der Waals surface area contributed by atoms with Crippen LogP contribution in [0.4, 0.5) is 5.69 Å². The fourth-order valence-electron chi connectivity index (χ4n) is 3.76. The standard InChI is InChI=1S/C24H22Cl3N3O4S/c25-16-12-22(30-35(32,33)19-9-10-20(26)21(27)13-19)24(28-14-16)34-18-8-4-5-15(11-18)23(31)29-17-6-2-1-3-7-17/h4-5,8-14,17,30H,1-3,6-7H2,(H,29,31). The number of rotatable bonds is 7. The van der Waals surface area contributed by atoms with Crippen molar-refractivity contribution in [2.45, 2.75) is 43.0 Å². The van der Waals surface area contributed by atoms with E-state index in [1.54, 1.807) is 24.3 Å². The van der Waals surface area contributed by atoms with Crippen molar-refractivity contribution in [1.82, 2.24) is 10.3 Å². The van der Waals surface area contributed by atoms with Gasteiger partial charge in [0.05, 0.1) is 20.0 Å². The molecule has 1 amide bonds. The molecule has 0 unspecified atom stereocenters. The van der Waals surface area contributed by atoms with E-state index >= 15 is 0 Å². The molecule has 3 aromatic rings. The van der Waals surface area contributed by atoms with Gasteiger partial charge in [0.1, 0.15) is 11.4 Å². The number of anilines is 1. The predicted octanol–water partition coefficient (Wildman–Crippen LogP) is 6.70. The highest BCUT2D eigenvalue weighted by atomic mass is 35.5. The molecule has 1 aliphatic rings. The lowest BCUT2D eigenvalue weighted by atomic mass is 9.95. The average molecular weight is 555 g/mol. The Kier molecular flexibility index (Phi) is 8.06. The zero-order valence-corrected chi connectivity index (χ0v) is 21.5. The highest BCUT2D eigenvalue weighted by molar-refractivity contribution is 7.92. The maximum absolute atomic E-state index is 12.9. The lowest BCUT2D eigenvalue weighted by Crippen LogP contribution is -2.36. The Morgan fingerprint density at radius 3 is 2.49 bits per heavy atom. The van der Waals surface area contributed by atoms with Gasteiger partial charge in [-0.2, -0.15) is 0 Å².